The lowest BCUT2D eigenvalue weighted by molar-refractivity contribution is 0.180. The summed E-state index contributed by atoms with van der Waals surface area (Å²) in [6.45, 7) is 5.39. The maximum Gasteiger partial charge on any atom is 0.317 e. The number of amides is 2. The number of aryl methyl sites for hydroxylation is 1. The number of carbonyl (C=O) groups excluding carboxylic acids is 1. The first-order valence-corrected chi connectivity index (χ1v) is 5.87. The van der Waals surface area contributed by atoms with Crippen molar-refractivity contribution in [1.29, 1.82) is 0 Å². The molecule has 1 rings (SSSR count). The zero-order valence-corrected chi connectivity index (χ0v) is 10.4. The molecule has 2 amide bonds. The number of hydrogen-bond acceptors (Lipinski definition) is 2. The Hall–Kier alpha value is -1.55. The van der Waals surface area contributed by atoms with Crippen LogP contribution in [0.25, 0.3) is 0 Å². The number of aliphatic hydroxyl groups is 1. The maximum atomic E-state index is 11.8. The molecule has 0 bridgehead atoms. The number of nitrogens with one attached hydrogen (secondary N) is 1. The van der Waals surface area contributed by atoms with Gasteiger partial charge in [-0.25, -0.2) is 4.79 Å². The molecule has 0 aliphatic carbocycles. The minimum atomic E-state index is -0.134. The Bertz CT molecular complexity index is 366. The van der Waals surface area contributed by atoms with E-state index >= 15 is 0 Å². The number of carbonyl (C=O) groups is 1. The Morgan fingerprint density at radius 1 is 1.41 bits per heavy atom. The molecule has 0 unspecified atom stereocenters. The van der Waals surface area contributed by atoms with E-state index in [1.807, 2.05) is 38.1 Å². The number of hydrogen-bond donors (Lipinski definition) is 2. The Morgan fingerprint density at radius 3 is 2.71 bits per heavy atom. The fourth-order valence-electron chi connectivity index (χ4n) is 1.62. The van der Waals surface area contributed by atoms with Crippen LogP contribution in [-0.2, 0) is 6.54 Å². The van der Waals surface area contributed by atoms with Gasteiger partial charge in [-0.3, -0.25) is 0 Å². The van der Waals surface area contributed by atoms with Gasteiger partial charge in [0, 0.05) is 19.6 Å². The number of aliphatic hydroxyl groups excluding tert-OH is 1. The van der Waals surface area contributed by atoms with Crippen molar-refractivity contribution in [2.24, 2.45) is 0 Å². The van der Waals surface area contributed by atoms with Gasteiger partial charge >= 0.3 is 6.03 Å². The second-order valence-corrected chi connectivity index (χ2v) is 3.89. The smallest absolute Gasteiger partial charge is 0.317 e. The van der Waals surface area contributed by atoms with E-state index in [0.717, 1.165) is 11.1 Å². The molecule has 0 spiro atoms. The van der Waals surface area contributed by atoms with E-state index in [0.29, 0.717) is 19.6 Å². The predicted octanol–water partition coefficient (Wildman–Crippen LogP) is 1.52. The monoisotopic (exact) mass is 236 g/mol. The summed E-state index contributed by atoms with van der Waals surface area (Å²) in [6.07, 6.45) is 0. The summed E-state index contributed by atoms with van der Waals surface area (Å²) in [5.74, 6) is 0. The number of likely N-dealkylation sites (N-methyl/N-ethyl adjacent to an activating group) is 1. The third kappa shape index (κ3) is 4.07. The van der Waals surface area contributed by atoms with Crippen molar-refractivity contribution in [3.8, 4) is 0 Å². The molecule has 0 heterocycles. The summed E-state index contributed by atoms with van der Waals surface area (Å²) in [5, 5.41) is 11.7. The van der Waals surface area contributed by atoms with Gasteiger partial charge in [0.05, 0.1) is 6.61 Å². The standard InChI is InChI=1S/C13H20N2O2/c1-3-15(8-9-16)13(17)14-10-12-7-5-4-6-11(12)2/h4-7,16H,3,8-10H2,1-2H3,(H,14,17). The Balaban J connectivity index is 2.50. The van der Waals surface area contributed by atoms with Crippen molar-refractivity contribution < 1.29 is 9.90 Å². The molecule has 0 aliphatic rings. The molecule has 1 aromatic rings. The van der Waals surface area contributed by atoms with E-state index in [2.05, 4.69) is 5.32 Å². The molecule has 4 heteroatoms. The van der Waals surface area contributed by atoms with Gasteiger partial charge in [-0.2, -0.15) is 0 Å². The van der Waals surface area contributed by atoms with Crippen molar-refractivity contribution in [3.05, 3.63) is 35.4 Å². The van der Waals surface area contributed by atoms with Crippen LogP contribution in [0.4, 0.5) is 4.79 Å². The van der Waals surface area contributed by atoms with Gasteiger partial charge in [0.1, 0.15) is 0 Å². The molecule has 0 fully saturated rings. The zero-order valence-electron chi connectivity index (χ0n) is 10.4. The van der Waals surface area contributed by atoms with Crippen LogP contribution < -0.4 is 5.32 Å². The molecule has 4 nitrogen and oxygen atoms in total. The third-order valence-corrected chi connectivity index (χ3v) is 2.73. The highest BCUT2D eigenvalue weighted by Gasteiger charge is 2.10. The Kier molecular flexibility index (Phi) is 5.49. The fourth-order valence-corrected chi connectivity index (χ4v) is 1.62. The van der Waals surface area contributed by atoms with Crippen LogP contribution in [0.5, 0.6) is 0 Å². The first-order chi connectivity index (χ1) is 8.19. The summed E-state index contributed by atoms with van der Waals surface area (Å²) in [7, 11) is 0. The van der Waals surface area contributed by atoms with E-state index < -0.39 is 0 Å². The van der Waals surface area contributed by atoms with Crippen LogP contribution in [0.3, 0.4) is 0 Å². The highest BCUT2D eigenvalue weighted by molar-refractivity contribution is 5.74. The number of urea groups is 1. The van der Waals surface area contributed by atoms with Gasteiger partial charge in [0.25, 0.3) is 0 Å². The molecule has 0 radical (unpaired) electrons. The first kappa shape index (κ1) is 13.5. The summed E-state index contributed by atoms with van der Waals surface area (Å²) in [4.78, 5) is 13.3. The second kappa shape index (κ2) is 6.91. The predicted molar refractivity (Wildman–Crippen MR) is 67.7 cm³/mol. The molecular formula is C13H20N2O2. The van der Waals surface area contributed by atoms with Gasteiger partial charge in [0.15, 0.2) is 0 Å². The Labute approximate surface area is 102 Å². The van der Waals surface area contributed by atoms with Crippen molar-refractivity contribution >= 4 is 6.03 Å². The van der Waals surface area contributed by atoms with Crippen molar-refractivity contribution in [1.82, 2.24) is 10.2 Å². The number of nitrogens with zero attached hydrogens (tertiary/aromatic N) is 1. The zero-order chi connectivity index (χ0) is 12.7. The van der Waals surface area contributed by atoms with Crippen LogP contribution in [0.15, 0.2) is 24.3 Å². The first-order valence-electron chi connectivity index (χ1n) is 5.87. The molecule has 2 N–H and O–H groups in total. The molecule has 1 aromatic carbocycles. The van der Waals surface area contributed by atoms with Gasteiger partial charge in [0.2, 0.25) is 0 Å². The van der Waals surface area contributed by atoms with E-state index in [4.69, 9.17) is 5.11 Å². The minimum absolute atomic E-state index is 0.00831. The third-order valence-electron chi connectivity index (χ3n) is 2.73. The summed E-state index contributed by atoms with van der Waals surface area (Å²) < 4.78 is 0. The molecule has 0 aliphatic heterocycles. The van der Waals surface area contributed by atoms with Gasteiger partial charge in [-0.15, -0.1) is 0 Å². The van der Waals surface area contributed by atoms with Crippen LogP contribution in [0.1, 0.15) is 18.1 Å². The molecule has 0 saturated heterocycles. The number of rotatable bonds is 5. The van der Waals surface area contributed by atoms with Crippen LogP contribution in [0.2, 0.25) is 0 Å². The Morgan fingerprint density at radius 2 is 2.12 bits per heavy atom. The van der Waals surface area contributed by atoms with Gasteiger partial charge in [-0.05, 0) is 25.0 Å². The molecule has 94 valence electrons. The highest BCUT2D eigenvalue weighted by atomic mass is 16.3. The van der Waals surface area contributed by atoms with Crippen LogP contribution >= 0.6 is 0 Å². The number of benzene rings is 1. The van der Waals surface area contributed by atoms with E-state index in [1.165, 1.54) is 0 Å². The lowest BCUT2D eigenvalue weighted by atomic mass is 10.1. The average molecular weight is 236 g/mol. The van der Waals surface area contributed by atoms with Crippen molar-refractivity contribution in [2.75, 3.05) is 19.7 Å². The van der Waals surface area contributed by atoms with Crippen LogP contribution in [-0.4, -0.2) is 35.7 Å². The normalized spacial score (nSPS) is 10.1. The quantitative estimate of drug-likeness (QED) is 0.814. The average Bonchev–Trinajstić information content (AvgIpc) is 2.34. The van der Waals surface area contributed by atoms with Gasteiger partial charge in [-0.1, -0.05) is 24.3 Å². The van der Waals surface area contributed by atoms with Crippen LogP contribution in [0, 0.1) is 6.92 Å². The SMILES string of the molecule is CCN(CCO)C(=O)NCc1ccccc1C. The van der Waals surface area contributed by atoms with Crippen molar-refractivity contribution in [3.63, 3.8) is 0 Å². The van der Waals surface area contributed by atoms with Gasteiger partial charge < -0.3 is 15.3 Å². The minimum Gasteiger partial charge on any atom is -0.395 e. The summed E-state index contributed by atoms with van der Waals surface area (Å²) in [5.41, 5.74) is 2.28. The molecule has 17 heavy (non-hydrogen) atoms. The molecular weight excluding hydrogens is 216 g/mol. The largest absolute Gasteiger partial charge is 0.395 e. The van der Waals surface area contributed by atoms with E-state index in [9.17, 15) is 4.79 Å². The topological polar surface area (TPSA) is 52.6 Å². The summed E-state index contributed by atoms with van der Waals surface area (Å²) >= 11 is 0. The molecule has 0 saturated carbocycles. The summed E-state index contributed by atoms with van der Waals surface area (Å²) in [6, 6.07) is 7.82. The maximum absolute atomic E-state index is 11.8. The highest BCUT2D eigenvalue weighted by Crippen LogP contribution is 2.06. The molecule has 0 aromatic heterocycles. The van der Waals surface area contributed by atoms with Crippen molar-refractivity contribution in [2.45, 2.75) is 20.4 Å². The fraction of sp³-hybridized carbons (Fsp3) is 0.462. The second-order valence-electron chi connectivity index (χ2n) is 3.89. The lowest BCUT2D eigenvalue weighted by Crippen LogP contribution is -2.41. The molecule has 0 atom stereocenters. The lowest BCUT2D eigenvalue weighted by Gasteiger charge is -2.20. The van der Waals surface area contributed by atoms with E-state index in [1.54, 1.807) is 4.90 Å². The van der Waals surface area contributed by atoms with E-state index in [-0.39, 0.29) is 12.6 Å².